The van der Waals surface area contributed by atoms with Gasteiger partial charge in [-0.25, -0.2) is 4.79 Å². The quantitative estimate of drug-likeness (QED) is 0.481. The third kappa shape index (κ3) is 2.58. The smallest absolute Gasteiger partial charge is 0.318 e. The minimum atomic E-state index is -0.505. The van der Waals surface area contributed by atoms with Crippen LogP contribution in [0.4, 0.5) is 10.5 Å². The predicted molar refractivity (Wildman–Crippen MR) is 69.4 cm³/mol. The Balaban J connectivity index is 2.22. The second kappa shape index (κ2) is 4.96. The zero-order valence-corrected chi connectivity index (χ0v) is 11.6. The van der Waals surface area contributed by atoms with E-state index in [2.05, 4.69) is 15.9 Å². The molecule has 0 saturated carbocycles. The molecule has 1 heterocycles. The van der Waals surface area contributed by atoms with Gasteiger partial charge < -0.3 is 4.90 Å². The largest absolute Gasteiger partial charge is 0.327 e. The van der Waals surface area contributed by atoms with Gasteiger partial charge in [-0.05, 0) is 11.6 Å². The molecule has 8 heteroatoms. The van der Waals surface area contributed by atoms with E-state index in [9.17, 15) is 19.7 Å². The number of likely N-dealkylation sites (N-methyl/N-ethyl adjacent to an activating group) is 1. The maximum Gasteiger partial charge on any atom is 0.327 e. The van der Waals surface area contributed by atoms with Crippen LogP contribution in [-0.4, -0.2) is 40.3 Å². The fraction of sp³-hybridized carbons (Fsp3) is 0.273. The lowest BCUT2D eigenvalue weighted by Gasteiger charge is -2.14. The number of non-ortho nitro benzene ring substituents is 1. The van der Waals surface area contributed by atoms with Gasteiger partial charge in [0.15, 0.2) is 0 Å². The van der Waals surface area contributed by atoms with Gasteiger partial charge in [0.1, 0.15) is 6.54 Å². The highest BCUT2D eigenvalue weighted by Crippen LogP contribution is 2.25. The number of carbonyl (C=O) groups is 2. The van der Waals surface area contributed by atoms with Gasteiger partial charge in [-0.1, -0.05) is 15.9 Å². The van der Waals surface area contributed by atoms with Gasteiger partial charge in [0.05, 0.1) is 11.5 Å². The van der Waals surface area contributed by atoms with Crippen LogP contribution in [0.15, 0.2) is 22.7 Å². The number of nitro groups is 1. The Labute approximate surface area is 117 Å². The molecule has 0 unspecified atom stereocenters. The molecule has 2 rings (SSSR count). The zero-order valence-electron chi connectivity index (χ0n) is 10.00. The van der Waals surface area contributed by atoms with Crippen molar-refractivity contribution in [3.63, 3.8) is 0 Å². The number of nitrogens with zero attached hydrogens (tertiary/aromatic N) is 3. The van der Waals surface area contributed by atoms with Gasteiger partial charge in [0, 0.05) is 23.7 Å². The first kappa shape index (κ1) is 13.5. The number of amides is 3. The summed E-state index contributed by atoms with van der Waals surface area (Å²) in [7, 11) is 1.55. The fourth-order valence-corrected chi connectivity index (χ4v) is 2.26. The molecule has 1 aromatic carbocycles. The Morgan fingerprint density at radius 2 is 2.11 bits per heavy atom. The lowest BCUT2D eigenvalue weighted by atomic mass is 10.2. The molecular formula is C11H10BrN3O4. The molecule has 7 nitrogen and oxygen atoms in total. The van der Waals surface area contributed by atoms with Crippen LogP contribution in [0.25, 0.3) is 0 Å². The molecular weight excluding hydrogens is 318 g/mol. The van der Waals surface area contributed by atoms with Crippen LogP contribution in [0.1, 0.15) is 5.56 Å². The number of hydrogen-bond acceptors (Lipinski definition) is 4. The van der Waals surface area contributed by atoms with E-state index in [1.54, 1.807) is 7.05 Å². The molecule has 0 radical (unpaired) electrons. The Hall–Kier alpha value is -1.96. The SMILES string of the molecule is CN1CC(=O)N(Cc2ccc([N+](=O)[O-])cc2Br)C1=O. The topological polar surface area (TPSA) is 83.8 Å². The van der Waals surface area contributed by atoms with Gasteiger partial charge in [0.25, 0.3) is 11.6 Å². The van der Waals surface area contributed by atoms with Crippen LogP contribution in [0, 0.1) is 10.1 Å². The van der Waals surface area contributed by atoms with Crippen LogP contribution in [0.5, 0.6) is 0 Å². The molecule has 3 amide bonds. The maximum atomic E-state index is 11.7. The van der Waals surface area contributed by atoms with Crippen molar-refractivity contribution in [3.8, 4) is 0 Å². The number of hydrogen-bond donors (Lipinski definition) is 0. The van der Waals surface area contributed by atoms with Crippen LogP contribution < -0.4 is 0 Å². The number of benzene rings is 1. The van der Waals surface area contributed by atoms with Crippen molar-refractivity contribution in [1.29, 1.82) is 0 Å². The lowest BCUT2D eigenvalue weighted by molar-refractivity contribution is -0.384. The van der Waals surface area contributed by atoms with Crippen LogP contribution in [0.2, 0.25) is 0 Å². The van der Waals surface area contributed by atoms with Gasteiger partial charge >= 0.3 is 6.03 Å². The van der Waals surface area contributed by atoms with Crippen molar-refractivity contribution in [3.05, 3.63) is 38.3 Å². The molecule has 0 atom stereocenters. The van der Waals surface area contributed by atoms with Crippen LogP contribution >= 0.6 is 15.9 Å². The molecule has 0 bridgehead atoms. The molecule has 100 valence electrons. The molecule has 0 aliphatic carbocycles. The van der Waals surface area contributed by atoms with Crippen molar-refractivity contribution in [2.24, 2.45) is 0 Å². The van der Waals surface area contributed by atoms with Crippen molar-refractivity contribution in [2.75, 3.05) is 13.6 Å². The molecule has 1 aromatic rings. The maximum absolute atomic E-state index is 11.7. The standard InChI is InChI=1S/C11H10BrN3O4/c1-13-6-10(16)14(11(13)17)5-7-2-3-8(15(18)19)4-9(7)12/h2-4H,5-6H2,1H3. The average molecular weight is 328 g/mol. The van der Waals surface area contributed by atoms with Gasteiger partial charge in [-0.15, -0.1) is 0 Å². The van der Waals surface area contributed by atoms with Crippen LogP contribution in [-0.2, 0) is 11.3 Å². The molecule has 1 aliphatic rings. The average Bonchev–Trinajstić information content (AvgIpc) is 2.58. The first-order valence-electron chi connectivity index (χ1n) is 5.38. The van der Waals surface area contributed by atoms with Gasteiger partial charge in [-0.3, -0.25) is 19.8 Å². The summed E-state index contributed by atoms with van der Waals surface area (Å²) in [5, 5.41) is 10.6. The van der Waals surface area contributed by atoms with E-state index in [0.717, 1.165) is 4.90 Å². The van der Waals surface area contributed by atoms with Crippen molar-refractivity contribution in [2.45, 2.75) is 6.54 Å². The van der Waals surface area contributed by atoms with Gasteiger partial charge in [0.2, 0.25) is 0 Å². The number of imide groups is 1. The second-order valence-corrected chi connectivity index (χ2v) is 5.01. The van der Waals surface area contributed by atoms with E-state index < -0.39 is 4.92 Å². The summed E-state index contributed by atoms with van der Waals surface area (Å²) in [6.45, 7) is 0.157. The predicted octanol–water partition coefficient (Wildman–Crippen LogP) is 1.75. The summed E-state index contributed by atoms with van der Waals surface area (Å²) in [4.78, 5) is 35.9. The Morgan fingerprint density at radius 3 is 2.58 bits per heavy atom. The Morgan fingerprint density at radius 1 is 1.42 bits per heavy atom. The van der Waals surface area contributed by atoms with Crippen molar-refractivity contribution >= 4 is 33.6 Å². The van der Waals surface area contributed by atoms with Crippen molar-refractivity contribution in [1.82, 2.24) is 9.80 Å². The number of nitro benzene ring substituents is 1. The Bertz CT molecular complexity index is 575. The molecule has 1 fully saturated rings. The van der Waals surface area contributed by atoms with Crippen molar-refractivity contribution < 1.29 is 14.5 Å². The van der Waals surface area contributed by atoms with Gasteiger partial charge in [-0.2, -0.15) is 0 Å². The summed E-state index contributed by atoms with van der Waals surface area (Å²) in [5.41, 5.74) is 0.592. The van der Waals surface area contributed by atoms with E-state index in [-0.39, 0.29) is 30.7 Å². The first-order chi connectivity index (χ1) is 8.90. The third-order valence-corrected chi connectivity index (χ3v) is 3.55. The summed E-state index contributed by atoms with van der Waals surface area (Å²) in [5.74, 6) is -0.280. The minimum absolute atomic E-state index is 0.0492. The molecule has 1 saturated heterocycles. The number of urea groups is 1. The lowest BCUT2D eigenvalue weighted by Crippen LogP contribution is -2.31. The second-order valence-electron chi connectivity index (χ2n) is 4.15. The molecule has 1 aliphatic heterocycles. The summed E-state index contributed by atoms with van der Waals surface area (Å²) in [6.07, 6.45) is 0. The zero-order chi connectivity index (χ0) is 14.2. The monoisotopic (exact) mass is 327 g/mol. The normalized spacial score (nSPS) is 15.3. The highest BCUT2D eigenvalue weighted by molar-refractivity contribution is 9.10. The number of halogens is 1. The highest BCUT2D eigenvalue weighted by atomic mass is 79.9. The minimum Gasteiger partial charge on any atom is -0.318 e. The molecule has 19 heavy (non-hydrogen) atoms. The van der Waals surface area contributed by atoms with E-state index in [4.69, 9.17) is 0 Å². The van der Waals surface area contributed by atoms with E-state index in [1.807, 2.05) is 0 Å². The first-order valence-corrected chi connectivity index (χ1v) is 6.17. The number of carbonyl (C=O) groups excluding carboxylic acids is 2. The third-order valence-electron chi connectivity index (χ3n) is 2.81. The van der Waals surface area contributed by atoms with E-state index in [0.29, 0.717) is 10.0 Å². The molecule has 0 aromatic heterocycles. The van der Waals surface area contributed by atoms with Crippen LogP contribution in [0.3, 0.4) is 0 Å². The summed E-state index contributed by atoms with van der Waals surface area (Å²) < 4.78 is 0.497. The van der Waals surface area contributed by atoms with E-state index in [1.165, 1.54) is 23.1 Å². The Kier molecular flexibility index (Phi) is 3.52. The summed E-state index contributed by atoms with van der Waals surface area (Å²) >= 11 is 3.21. The molecule has 0 spiro atoms. The summed E-state index contributed by atoms with van der Waals surface area (Å²) in [6, 6.07) is 3.86. The fourth-order valence-electron chi connectivity index (χ4n) is 1.77. The van der Waals surface area contributed by atoms with E-state index >= 15 is 0 Å². The highest BCUT2D eigenvalue weighted by Gasteiger charge is 2.33. The number of rotatable bonds is 3. The molecule has 0 N–H and O–H groups in total.